The molecule has 0 spiro atoms. The van der Waals surface area contributed by atoms with E-state index in [9.17, 15) is 4.39 Å². The zero-order valence-electron chi connectivity index (χ0n) is 8.09. The second-order valence-electron chi connectivity index (χ2n) is 3.51. The standard InChI is InChI=1S/C10H12BrFN2O/c11-6-3-8(12)10(13)9(4-6)14-5-7-1-2-15-7/h3-4,7,14H,1-2,5,13H2. The zero-order valence-corrected chi connectivity index (χ0v) is 9.68. The van der Waals surface area contributed by atoms with Crippen molar-refractivity contribution in [3.05, 3.63) is 22.4 Å². The molecule has 0 saturated carbocycles. The summed E-state index contributed by atoms with van der Waals surface area (Å²) in [6, 6.07) is 3.11. The summed E-state index contributed by atoms with van der Waals surface area (Å²) in [5.74, 6) is -0.415. The van der Waals surface area contributed by atoms with E-state index >= 15 is 0 Å². The molecule has 1 aliphatic rings. The molecule has 1 aromatic rings. The summed E-state index contributed by atoms with van der Waals surface area (Å²) in [5.41, 5.74) is 6.36. The molecule has 82 valence electrons. The largest absolute Gasteiger partial charge is 0.395 e. The lowest BCUT2D eigenvalue weighted by molar-refractivity contribution is -0.0410. The lowest BCUT2D eigenvalue weighted by Gasteiger charge is -2.27. The predicted molar refractivity (Wildman–Crippen MR) is 61.4 cm³/mol. The first kappa shape index (κ1) is 10.7. The maximum Gasteiger partial charge on any atom is 0.149 e. The summed E-state index contributed by atoms with van der Waals surface area (Å²) >= 11 is 3.22. The quantitative estimate of drug-likeness (QED) is 0.832. The van der Waals surface area contributed by atoms with Gasteiger partial charge in [-0.1, -0.05) is 15.9 Å². The summed E-state index contributed by atoms with van der Waals surface area (Å²) in [7, 11) is 0. The van der Waals surface area contributed by atoms with Gasteiger partial charge in [-0.3, -0.25) is 0 Å². The fraction of sp³-hybridized carbons (Fsp3) is 0.400. The second-order valence-corrected chi connectivity index (χ2v) is 4.43. The van der Waals surface area contributed by atoms with Crippen LogP contribution < -0.4 is 11.1 Å². The Morgan fingerprint density at radius 2 is 2.33 bits per heavy atom. The Kier molecular flexibility index (Phi) is 3.11. The maximum atomic E-state index is 13.2. The molecule has 1 fully saturated rings. The Bertz CT molecular complexity index is 369. The van der Waals surface area contributed by atoms with Crippen molar-refractivity contribution in [2.24, 2.45) is 0 Å². The predicted octanol–water partition coefficient (Wildman–Crippen LogP) is 2.37. The number of hydrogen-bond donors (Lipinski definition) is 2. The van der Waals surface area contributed by atoms with E-state index < -0.39 is 5.82 Å². The van der Waals surface area contributed by atoms with Gasteiger partial charge < -0.3 is 15.8 Å². The van der Waals surface area contributed by atoms with Crippen molar-refractivity contribution in [3.8, 4) is 0 Å². The molecule has 1 aromatic carbocycles. The van der Waals surface area contributed by atoms with Crippen LogP contribution in [0.15, 0.2) is 16.6 Å². The van der Waals surface area contributed by atoms with E-state index in [0.717, 1.165) is 13.0 Å². The Morgan fingerprint density at radius 1 is 1.60 bits per heavy atom. The number of hydrogen-bond acceptors (Lipinski definition) is 3. The highest BCUT2D eigenvalue weighted by Gasteiger charge is 2.18. The van der Waals surface area contributed by atoms with Gasteiger partial charge in [0.05, 0.1) is 17.5 Å². The SMILES string of the molecule is Nc1c(F)cc(Br)cc1NCC1CCO1. The third-order valence-corrected chi connectivity index (χ3v) is 2.87. The third kappa shape index (κ3) is 2.41. The molecule has 0 amide bonds. The molecule has 2 rings (SSSR count). The van der Waals surface area contributed by atoms with Crippen LogP contribution in [0.2, 0.25) is 0 Å². The summed E-state index contributed by atoms with van der Waals surface area (Å²) in [6.45, 7) is 1.48. The van der Waals surface area contributed by atoms with Crippen LogP contribution in [0, 0.1) is 5.82 Å². The molecule has 5 heteroatoms. The van der Waals surface area contributed by atoms with Crippen LogP contribution in [-0.2, 0) is 4.74 Å². The van der Waals surface area contributed by atoms with Gasteiger partial charge in [-0.2, -0.15) is 0 Å². The van der Waals surface area contributed by atoms with Crippen LogP contribution in [0.3, 0.4) is 0 Å². The van der Waals surface area contributed by atoms with Crippen LogP contribution in [-0.4, -0.2) is 19.3 Å². The highest BCUT2D eigenvalue weighted by atomic mass is 79.9. The van der Waals surface area contributed by atoms with Crippen LogP contribution in [0.5, 0.6) is 0 Å². The molecular formula is C10H12BrFN2O. The van der Waals surface area contributed by atoms with Crippen molar-refractivity contribution in [3.63, 3.8) is 0 Å². The van der Waals surface area contributed by atoms with Gasteiger partial charge in [-0.25, -0.2) is 4.39 Å². The van der Waals surface area contributed by atoms with E-state index in [1.54, 1.807) is 6.07 Å². The minimum Gasteiger partial charge on any atom is -0.395 e. The van der Waals surface area contributed by atoms with Gasteiger partial charge in [0, 0.05) is 17.6 Å². The van der Waals surface area contributed by atoms with Gasteiger partial charge in [0.15, 0.2) is 0 Å². The molecule has 3 N–H and O–H groups in total. The Hall–Kier alpha value is -0.810. The van der Waals surface area contributed by atoms with Gasteiger partial charge >= 0.3 is 0 Å². The van der Waals surface area contributed by atoms with Gasteiger partial charge in [-0.05, 0) is 18.6 Å². The average molecular weight is 275 g/mol. The lowest BCUT2D eigenvalue weighted by atomic mass is 10.2. The molecule has 0 aromatic heterocycles. The lowest BCUT2D eigenvalue weighted by Crippen LogP contribution is -2.33. The van der Waals surface area contributed by atoms with E-state index in [2.05, 4.69) is 21.2 Å². The first-order chi connectivity index (χ1) is 7.16. The van der Waals surface area contributed by atoms with E-state index in [1.165, 1.54) is 6.07 Å². The minimum atomic E-state index is -0.415. The van der Waals surface area contributed by atoms with Crippen LogP contribution >= 0.6 is 15.9 Å². The van der Waals surface area contributed by atoms with E-state index in [-0.39, 0.29) is 11.8 Å². The van der Waals surface area contributed by atoms with Crippen molar-refractivity contribution in [1.29, 1.82) is 0 Å². The summed E-state index contributed by atoms with van der Waals surface area (Å²) in [4.78, 5) is 0. The van der Waals surface area contributed by atoms with Crippen molar-refractivity contribution >= 4 is 27.3 Å². The van der Waals surface area contributed by atoms with Crippen molar-refractivity contribution in [1.82, 2.24) is 0 Å². The maximum absolute atomic E-state index is 13.2. The Morgan fingerprint density at radius 3 is 2.93 bits per heavy atom. The van der Waals surface area contributed by atoms with Crippen LogP contribution in [0.25, 0.3) is 0 Å². The van der Waals surface area contributed by atoms with E-state index in [0.29, 0.717) is 16.7 Å². The van der Waals surface area contributed by atoms with Gasteiger partial charge in [0.25, 0.3) is 0 Å². The summed E-state index contributed by atoms with van der Waals surface area (Å²) in [5, 5.41) is 3.08. The van der Waals surface area contributed by atoms with E-state index in [4.69, 9.17) is 10.5 Å². The smallest absolute Gasteiger partial charge is 0.149 e. The molecular weight excluding hydrogens is 263 g/mol. The highest BCUT2D eigenvalue weighted by molar-refractivity contribution is 9.10. The number of nitrogens with one attached hydrogen (secondary N) is 1. The van der Waals surface area contributed by atoms with Crippen LogP contribution in [0.1, 0.15) is 6.42 Å². The number of benzene rings is 1. The van der Waals surface area contributed by atoms with E-state index in [1.807, 2.05) is 0 Å². The fourth-order valence-electron chi connectivity index (χ4n) is 1.40. The van der Waals surface area contributed by atoms with Crippen molar-refractivity contribution < 1.29 is 9.13 Å². The first-order valence-electron chi connectivity index (χ1n) is 4.77. The average Bonchev–Trinajstić information content (AvgIpc) is 2.10. The first-order valence-corrected chi connectivity index (χ1v) is 5.56. The molecule has 0 bridgehead atoms. The Balaban J connectivity index is 2.05. The molecule has 1 heterocycles. The highest BCUT2D eigenvalue weighted by Crippen LogP contribution is 2.27. The number of anilines is 2. The number of nitrogen functional groups attached to an aromatic ring is 1. The normalized spacial score (nSPS) is 19.7. The van der Waals surface area contributed by atoms with Crippen molar-refractivity contribution in [2.75, 3.05) is 24.2 Å². The molecule has 0 radical (unpaired) electrons. The minimum absolute atomic E-state index is 0.150. The number of rotatable bonds is 3. The zero-order chi connectivity index (χ0) is 10.8. The fourth-order valence-corrected chi connectivity index (χ4v) is 1.83. The topological polar surface area (TPSA) is 47.3 Å². The molecule has 3 nitrogen and oxygen atoms in total. The number of halogens is 2. The van der Waals surface area contributed by atoms with Gasteiger partial charge in [0.1, 0.15) is 5.82 Å². The van der Waals surface area contributed by atoms with Crippen LogP contribution in [0.4, 0.5) is 15.8 Å². The second kappa shape index (κ2) is 4.37. The summed E-state index contributed by atoms with van der Waals surface area (Å²) < 4.78 is 19.2. The van der Waals surface area contributed by atoms with Crippen molar-refractivity contribution in [2.45, 2.75) is 12.5 Å². The number of ether oxygens (including phenoxy) is 1. The Labute approximate surface area is 95.9 Å². The molecule has 15 heavy (non-hydrogen) atoms. The molecule has 1 saturated heterocycles. The molecule has 1 aliphatic heterocycles. The van der Waals surface area contributed by atoms with Gasteiger partial charge in [0.2, 0.25) is 0 Å². The van der Waals surface area contributed by atoms with Gasteiger partial charge in [-0.15, -0.1) is 0 Å². The molecule has 1 unspecified atom stereocenters. The summed E-state index contributed by atoms with van der Waals surface area (Å²) in [6.07, 6.45) is 1.27. The number of nitrogens with two attached hydrogens (primary N) is 1. The molecule has 0 aliphatic carbocycles. The monoisotopic (exact) mass is 274 g/mol. The molecule has 1 atom stereocenters. The third-order valence-electron chi connectivity index (χ3n) is 2.41.